The number of benzene rings is 2. The molecular formula is C22H30N4O3. The predicted molar refractivity (Wildman–Crippen MR) is 117 cm³/mol. The molecule has 0 aliphatic rings. The summed E-state index contributed by atoms with van der Waals surface area (Å²) in [5, 5.41) is 6.00. The fourth-order valence-corrected chi connectivity index (χ4v) is 2.93. The lowest BCUT2D eigenvalue weighted by Crippen LogP contribution is -2.42. The van der Waals surface area contributed by atoms with Crippen molar-refractivity contribution in [2.45, 2.75) is 19.9 Å². The molecular weight excluding hydrogens is 368 g/mol. The highest BCUT2D eigenvalue weighted by atomic mass is 16.5. The first-order valence-corrected chi connectivity index (χ1v) is 9.52. The highest BCUT2D eigenvalue weighted by Crippen LogP contribution is 2.25. The molecule has 2 N–H and O–H groups in total. The predicted octanol–water partition coefficient (Wildman–Crippen LogP) is 2.91. The summed E-state index contributed by atoms with van der Waals surface area (Å²) in [6, 6.07) is 13.5. The maximum atomic E-state index is 12.3. The number of guanidine groups is 1. The van der Waals surface area contributed by atoms with E-state index in [4.69, 9.17) is 9.47 Å². The Labute approximate surface area is 172 Å². The molecule has 0 spiro atoms. The van der Waals surface area contributed by atoms with Gasteiger partial charge in [-0.25, -0.2) is 0 Å². The number of carbonyl (C=O) groups is 1. The molecule has 0 fully saturated rings. The molecule has 1 amide bonds. The second-order valence-electron chi connectivity index (χ2n) is 6.54. The third-order valence-electron chi connectivity index (χ3n) is 4.50. The van der Waals surface area contributed by atoms with Gasteiger partial charge in [0.1, 0.15) is 11.5 Å². The number of rotatable bonds is 8. The Morgan fingerprint density at radius 1 is 1.14 bits per heavy atom. The number of aryl methyl sites for hydroxylation is 1. The molecule has 2 aromatic rings. The van der Waals surface area contributed by atoms with E-state index < -0.39 is 0 Å². The van der Waals surface area contributed by atoms with Crippen molar-refractivity contribution in [2.75, 3.05) is 40.2 Å². The Kier molecular flexibility index (Phi) is 8.33. The van der Waals surface area contributed by atoms with Crippen molar-refractivity contribution < 1.29 is 14.3 Å². The Balaban J connectivity index is 1.94. The molecule has 0 atom stereocenters. The van der Waals surface area contributed by atoms with Crippen LogP contribution in [-0.4, -0.2) is 51.6 Å². The van der Waals surface area contributed by atoms with Crippen LogP contribution in [0.15, 0.2) is 47.5 Å². The van der Waals surface area contributed by atoms with Crippen molar-refractivity contribution in [3.8, 4) is 11.5 Å². The van der Waals surface area contributed by atoms with Gasteiger partial charge in [0, 0.05) is 38.0 Å². The van der Waals surface area contributed by atoms with Gasteiger partial charge in [-0.05, 0) is 36.2 Å². The van der Waals surface area contributed by atoms with Crippen LogP contribution in [0.3, 0.4) is 0 Å². The van der Waals surface area contributed by atoms with Crippen LogP contribution in [0.25, 0.3) is 0 Å². The van der Waals surface area contributed by atoms with Crippen molar-refractivity contribution in [1.82, 2.24) is 10.2 Å². The zero-order valence-electron chi connectivity index (χ0n) is 17.8. The van der Waals surface area contributed by atoms with Crippen molar-refractivity contribution in [3.63, 3.8) is 0 Å². The Bertz CT molecular complexity index is 852. The number of nitrogens with zero attached hydrogens (tertiary/aromatic N) is 2. The third kappa shape index (κ3) is 6.41. The minimum absolute atomic E-state index is 0.118. The fraction of sp³-hybridized carbons (Fsp3) is 0.364. The molecule has 0 unspecified atom stereocenters. The third-order valence-corrected chi connectivity index (χ3v) is 4.50. The Morgan fingerprint density at radius 2 is 1.93 bits per heavy atom. The normalized spacial score (nSPS) is 11.0. The Hall–Kier alpha value is -3.22. The monoisotopic (exact) mass is 398 g/mol. The summed E-state index contributed by atoms with van der Waals surface area (Å²) >= 11 is 0. The topological polar surface area (TPSA) is 75.2 Å². The van der Waals surface area contributed by atoms with Gasteiger partial charge in [-0.2, -0.15) is 0 Å². The maximum Gasteiger partial charge on any atom is 0.243 e. The first kappa shape index (κ1) is 22.1. The van der Waals surface area contributed by atoms with Gasteiger partial charge >= 0.3 is 0 Å². The number of aliphatic imine (C=N–C) groups is 1. The van der Waals surface area contributed by atoms with E-state index in [0.29, 0.717) is 12.5 Å². The van der Waals surface area contributed by atoms with E-state index >= 15 is 0 Å². The molecule has 0 heterocycles. The van der Waals surface area contributed by atoms with Crippen LogP contribution in [0.1, 0.15) is 18.1 Å². The summed E-state index contributed by atoms with van der Waals surface area (Å²) in [7, 11) is 6.84. The molecule has 0 aromatic heterocycles. The van der Waals surface area contributed by atoms with Crippen molar-refractivity contribution in [1.29, 1.82) is 0 Å². The van der Waals surface area contributed by atoms with Gasteiger partial charge in [-0.1, -0.05) is 19.1 Å². The van der Waals surface area contributed by atoms with Crippen LogP contribution in [0.4, 0.5) is 5.69 Å². The molecule has 0 radical (unpaired) electrons. The summed E-state index contributed by atoms with van der Waals surface area (Å²) in [6.45, 7) is 2.76. The average Bonchev–Trinajstić information content (AvgIpc) is 2.74. The van der Waals surface area contributed by atoms with E-state index in [2.05, 4.69) is 22.5 Å². The van der Waals surface area contributed by atoms with E-state index in [1.807, 2.05) is 54.4 Å². The van der Waals surface area contributed by atoms with E-state index in [9.17, 15) is 4.79 Å². The summed E-state index contributed by atoms with van der Waals surface area (Å²) in [4.78, 5) is 18.5. The van der Waals surface area contributed by atoms with Gasteiger partial charge < -0.3 is 25.0 Å². The van der Waals surface area contributed by atoms with Crippen LogP contribution in [-0.2, 0) is 17.8 Å². The van der Waals surface area contributed by atoms with Gasteiger partial charge in [0.15, 0.2) is 5.96 Å². The minimum Gasteiger partial charge on any atom is -0.497 e. The van der Waals surface area contributed by atoms with Crippen LogP contribution in [0, 0.1) is 0 Å². The molecule has 7 heteroatoms. The number of ether oxygens (including phenoxy) is 2. The highest BCUT2D eigenvalue weighted by Gasteiger charge is 2.12. The summed E-state index contributed by atoms with van der Waals surface area (Å²) in [5.41, 5.74) is 2.96. The van der Waals surface area contributed by atoms with Crippen molar-refractivity contribution >= 4 is 17.6 Å². The molecule has 0 bridgehead atoms. The molecule has 0 aliphatic carbocycles. The number of amides is 1. The summed E-state index contributed by atoms with van der Waals surface area (Å²) in [6.07, 6.45) is 0.925. The largest absolute Gasteiger partial charge is 0.497 e. The zero-order valence-corrected chi connectivity index (χ0v) is 17.8. The molecule has 2 aromatic carbocycles. The number of hydrogen-bond acceptors (Lipinski definition) is 4. The SMILES string of the molecule is CCc1cccc(NC(=O)CNC(=NC)N(C)Cc2ccc(OC)cc2OC)c1. The van der Waals surface area contributed by atoms with Gasteiger partial charge in [0.25, 0.3) is 0 Å². The van der Waals surface area contributed by atoms with Crippen molar-refractivity contribution in [2.24, 2.45) is 4.99 Å². The standard InChI is InChI=1S/C22H30N4O3/c1-6-16-8-7-9-18(12-16)25-21(27)14-24-22(23-2)26(3)15-17-10-11-19(28-4)13-20(17)29-5/h7-13H,6,14-15H2,1-5H3,(H,23,24)(H,25,27). The lowest BCUT2D eigenvalue weighted by molar-refractivity contribution is -0.115. The first-order chi connectivity index (χ1) is 14.0. The summed E-state index contributed by atoms with van der Waals surface area (Å²) in [5.74, 6) is 1.95. The lowest BCUT2D eigenvalue weighted by atomic mass is 10.1. The first-order valence-electron chi connectivity index (χ1n) is 9.52. The summed E-state index contributed by atoms with van der Waals surface area (Å²) < 4.78 is 10.7. The van der Waals surface area contributed by atoms with Gasteiger partial charge in [0.2, 0.25) is 5.91 Å². The molecule has 2 rings (SSSR count). The number of anilines is 1. The molecule has 7 nitrogen and oxygen atoms in total. The molecule has 0 aliphatic heterocycles. The van der Waals surface area contributed by atoms with E-state index in [0.717, 1.165) is 29.2 Å². The van der Waals surface area contributed by atoms with Gasteiger partial charge in [-0.3, -0.25) is 9.79 Å². The highest BCUT2D eigenvalue weighted by molar-refractivity contribution is 5.95. The van der Waals surface area contributed by atoms with E-state index in [-0.39, 0.29) is 12.5 Å². The van der Waals surface area contributed by atoms with Gasteiger partial charge in [0.05, 0.1) is 20.8 Å². The average molecular weight is 399 g/mol. The van der Waals surface area contributed by atoms with Crippen molar-refractivity contribution in [3.05, 3.63) is 53.6 Å². The van der Waals surface area contributed by atoms with Crippen LogP contribution >= 0.6 is 0 Å². The number of hydrogen-bond donors (Lipinski definition) is 2. The number of carbonyl (C=O) groups excluding carboxylic acids is 1. The molecule has 0 saturated heterocycles. The van der Waals surface area contributed by atoms with Crippen LogP contribution < -0.4 is 20.1 Å². The second-order valence-corrected chi connectivity index (χ2v) is 6.54. The quantitative estimate of drug-likeness (QED) is 0.528. The maximum absolute atomic E-state index is 12.3. The van der Waals surface area contributed by atoms with E-state index in [1.54, 1.807) is 21.3 Å². The lowest BCUT2D eigenvalue weighted by Gasteiger charge is -2.23. The van der Waals surface area contributed by atoms with Gasteiger partial charge in [-0.15, -0.1) is 0 Å². The number of methoxy groups -OCH3 is 2. The Morgan fingerprint density at radius 3 is 2.59 bits per heavy atom. The molecule has 156 valence electrons. The smallest absolute Gasteiger partial charge is 0.243 e. The number of nitrogens with one attached hydrogen (secondary N) is 2. The van der Waals surface area contributed by atoms with E-state index in [1.165, 1.54) is 5.56 Å². The van der Waals surface area contributed by atoms with Crippen LogP contribution in [0.5, 0.6) is 11.5 Å². The zero-order chi connectivity index (χ0) is 21.2. The molecule has 29 heavy (non-hydrogen) atoms. The minimum atomic E-state index is -0.130. The fourth-order valence-electron chi connectivity index (χ4n) is 2.93. The van der Waals surface area contributed by atoms with Crippen LogP contribution in [0.2, 0.25) is 0 Å². The second kappa shape index (κ2) is 10.9. The molecule has 0 saturated carbocycles.